The van der Waals surface area contributed by atoms with Gasteiger partial charge in [-0.3, -0.25) is 14.4 Å². The van der Waals surface area contributed by atoms with Crippen LogP contribution < -0.4 is 10.6 Å². The fourth-order valence-electron chi connectivity index (χ4n) is 6.55. The van der Waals surface area contributed by atoms with Crippen molar-refractivity contribution in [3.8, 4) is 0 Å². The Balaban J connectivity index is 1.26. The molecule has 0 aliphatic carbocycles. The van der Waals surface area contributed by atoms with E-state index in [1.807, 2.05) is 54.6 Å². The third-order valence-corrected chi connectivity index (χ3v) is 9.13. The predicted octanol–water partition coefficient (Wildman–Crippen LogP) is 1.34. The number of nitrogens with one attached hydrogen (secondary N) is 2. The van der Waals surface area contributed by atoms with Crippen LogP contribution in [-0.2, 0) is 32.3 Å². The van der Waals surface area contributed by atoms with Crippen LogP contribution in [0.15, 0.2) is 54.6 Å². The van der Waals surface area contributed by atoms with Crippen LogP contribution in [0.3, 0.4) is 0 Å². The van der Waals surface area contributed by atoms with Gasteiger partial charge in [0.1, 0.15) is 23.8 Å². The Labute approximate surface area is 239 Å². The topological polar surface area (TPSA) is 139 Å². The molecule has 2 bridgehead atoms. The SMILES string of the molecule is O=C(NCn1nnc2ccccc21)C1N(CCCCO)C(=O)[C@@H]2[C@@H](C(=O)NCc3ccccc3)[C@@H]3OC12CC3Br. The van der Waals surface area contributed by atoms with E-state index in [2.05, 4.69) is 36.9 Å². The first-order valence-corrected chi connectivity index (χ1v) is 14.5. The van der Waals surface area contributed by atoms with Gasteiger partial charge in [0.15, 0.2) is 0 Å². The van der Waals surface area contributed by atoms with Crippen molar-refractivity contribution >= 4 is 44.7 Å². The lowest BCUT2D eigenvalue weighted by Crippen LogP contribution is -2.56. The van der Waals surface area contributed by atoms with Crippen LogP contribution in [-0.4, -0.2) is 78.4 Å². The quantitative estimate of drug-likeness (QED) is 0.232. The van der Waals surface area contributed by atoms with Gasteiger partial charge >= 0.3 is 0 Å². The molecule has 3 aromatic rings. The van der Waals surface area contributed by atoms with Crippen LogP contribution in [0.25, 0.3) is 11.0 Å². The van der Waals surface area contributed by atoms with Gasteiger partial charge in [0.2, 0.25) is 17.7 Å². The molecule has 0 saturated carbocycles. The van der Waals surface area contributed by atoms with Crippen LogP contribution in [0.5, 0.6) is 0 Å². The molecule has 3 unspecified atom stereocenters. The lowest BCUT2D eigenvalue weighted by Gasteiger charge is -2.34. The lowest BCUT2D eigenvalue weighted by molar-refractivity contribution is -0.142. The van der Waals surface area contributed by atoms with E-state index in [0.29, 0.717) is 31.3 Å². The molecule has 12 heteroatoms. The Morgan fingerprint density at radius 1 is 1.07 bits per heavy atom. The van der Waals surface area contributed by atoms with Crippen LogP contribution in [0.1, 0.15) is 24.8 Å². The minimum atomic E-state index is -1.14. The molecule has 6 atom stereocenters. The third-order valence-electron chi connectivity index (χ3n) is 8.28. The number of aliphatic hydroxyl groups is 1. The highest BCUT2D eigenvalue weighted by Gasteiger charge is 2.76. The minimum Gasteiger partial charge on any atom is -0.396 e. The van der Waals surface area contributed by atoms with Crippen molar-refractivity contribution < 1.29 is 24.2 Å². The van der Waals surface area contributed by atoms with E-state index < -0.39 is 29.6 Å². The van der Waals surface area contributed by atoms with Crippen LogP contribution >= 0.6 is 15.9 Å². The standard InChI is InChI=1S/C28H31BrN6O5/c29-18-14-28-22(21(23(18)40-28)25(37)30-15-17-8-2-1-3-9-17)27(39)34(12-6-7-13-36)24(28)26(38)31-16-35-20-11-5-4-10-19(20)32-33-35/h1-5,8-11,18,21-24,36H,6-7,12-16H2,(H,30,37)(H,31,38)/t18?,21-,22+,23-,24?,28?/m1/s1. The number of carbonyl (C=O) groups is 3. The predicted molar refractivity (Wildman–Crippen MR) is 148 cm³/mol. The maximum atomic E-state index is 14.0. The zero-order valence-electron chi connectivity index (χ0n) is 21.8. The van der Waals surface area contributed by atoms with Gasteiger partial charge in [-0.1, -0.05) is 63.6 Å². The van der Waals surface area contributed by atoms with Crippen LogP contribution in [0, 0.1) is 11.8 Å². The van der Waals surface area contributed by atoms with E-state index in [4.69, 9.17) is 4.74 Å². The average molecular weight is 611 g/mol. The highest BCUT2D eigenvalue weighted by Crippen LogP contribution is 2.60. The van der Waals surface area contributed by atoms with Crippen molar-refractivity contribution in [2.24, 2.45) is 11.8 Å². The number of para-hydroxylation sites is 1. The van der Waals surface area contributed by atoms with Crippen molar-refractivity contribution in [3.05, 3.63) is 60.2 Å². The number of rotatable bonds is 10. The number of aromatic nitrogens is 3. The summed E-state index contributed by atoms with van der Waals surface area (Å²) in [4.78, 5) is 42.8. The number of nitrogens with zero attached hydrogens (tertiary/aromatic N) is 4. The van der Waals surface area contributed by atoms with E-state index in [9.17, 15) is 19.5 Å². The second-order valence-corrected chi connectivity index (χ2v) is 11.8. The summed E-state index contributed by atoms with van der Waals surface area (Å²) in [5.74, 6) is -2.40. The van der Waals surface area contributed by atoms with E-state index in [-0.39, 0.29) is 42.4 Å². The second kappa shape index (κ2) is 10.9. The van der Waals surface area contributed by atoms with E-state index in [1.165, 1.54) is 0 Å². The maximum Gasteiger partial charge on any atom is 0.247 e. The molecule has 3 fully saturated rings. The van der Waals surface area contributed by atoms with Crippen molar-refractivity contribution in [2.75, 3.05) is 13.2 Å². The van der Waals surface area contributed by atoms with Gasteiger partial charge in [-0.25, -0.2) is 4.68 Å². The minimum absolute atomic E-state index is 0.0145. The monoisotopic (exact) mass is 610 g/mol. The Hall–Kier alpha value is -3.35. The van der Waals surface area contributed by atoms with Gasteiger partial charge in [0.25, 0.3) is 0 Å². The van der Waals surface area contributed by atoms with Crippen LogP contribution in [0.4, 0.5) is 0 Å². The molecule has 3 N–H and O–H groups in total. The summed E-state index contributed by atoms with van der Waals surface area (Å²) in [6.45, 7) is 0.665. The average Bonchev–Trinajstić information content (AvgIpc) is 3.68. The Morgan fingerprint density at radius 2 is 1.85 bits per heavy atom. The van der Waals surface area contributed by atoms with E-state index in [0.717, 1.165) is 11.1 Å². The number of halogens is 1. The summed E-state index contributed by atoms with van der Waals surface area (Å²) in [6, 6.07) is 16.1. The Morgan fingerprint density at radius 3 is 2.65 bits per heavy atom. The molecule has 1 spiro atoms. The molecule has 3 saturated heterocycles. The number of ether oxygens (including phenoxy) is 1. The van der Waals surface area contributed by atoms with Gasteiger partial charge in [-0.2, -0.15) is 0 Å². The second-order valence-electron chi connectivity index (χ2n) is 10.6. The number of aliphatic hydroxyl groups excluding tert-OH is 1. The number of fused-ring (bicyclic) bond motifs is 2. The van der Waals surface area contributed by atoms with Gasteiger partial charge in [0.05, 0.1) is 23.5 Å². The van der Waals surface area contributed by atoms with E-state index >= 15 is 0 Å². The molecule has 210 valence electrons. The summed E-state index contributed by atoms with van der Waals surface area (Å²) >= 11 is 3.69. The zero-order chi connectivity index (χ0) is 27.9. The first-order valence-electron chi connectivity index (χ1n) is 13.6. The van der Waals surface area contributed by atoms with Gasteiger partial charge in [-0.15, -0.1) is 5.10 Å². The number of carbonyl (C=O) groups excluding carboxylic acids is 3. The molecule has 3 aliphatic heterocycles. The fraction of sp³-hybridized carbons (Fsp3) is 0.464. The number of amides is 3. The molecule has 2 aromatic carbocycles. The normalized spacial score (nSPS) is 28.7. The largest absolute Gasteiger partial charge is 0.396 e. The van der Waals surface area contributed by atoms with Crippen molar-refractivity contribution in [3.63, 3.8) is 0 Å². The number of unbranched alkanes of at least 4 members (excludes halogenated alkanes) is 1. The molecule has 11 nitrogen and oxygen atoms in total. The fourth-order valence-corrected chi connectivity index (χ4v) is 7.49. The van der Waals surface area contributed by atoms with Gasteiger partial charge in [0, 0.05) is 24.5 Å². The first kappa shape index (κ1) is 26.9. The summed E-state index contributed by atoms with van der Waals surface area (Å²) in [7, 11) is 0. The number of likely N-dealkylation sites (tertiary alicyclic amines) is 1. The first-order chi connectivity index (χ1) is 19.4. The van der Waals surface area contributed by atoms with Crippen molar-refractivity contribution in [1.29, 1.82) is 0 Å². The van der Waals surface area contributed by atoms with Crippen molar-refractivity contribution in [1.82, 2.24) is 30.5 Å². The van der Waals surface area contributed by atoms with E-state index in [1.54, 1.807) is 9.58 Å². The highest BCUT2D eigenvalue weighted by atomic mass is 79.9. The summed E-state index contributed by atoms with van der Waals surface area (Å²) in [5.41, 5.74) is 1.29. The third kappa shape index (κ3) is 4.47. The van der Waals surface area contributed by atoms with Crippen molar-refractivity contribution in [2.45, 2.75) is 55.0 Å². The lowest BCUT2D eigenvalue weighted by atomic mass is 9.70. The maximum absolute atomic E-state index is 14.0. The smallest absolute Gasteiger partial charge is 0.247 e. The van der Waals surface area contributed by atoms with Gasteiger partial charge < -0.3 is 25.4 Å². The number of benzene rings is 2. The summed E-state index contributed by atoms with van der Waals surface area (Å²) in [5, 5.41) is 23.5. The number of hydrogen-bond acceptors (Lipinski definition) is 7. The Kier molecular flexibility index (Phi) is 7.32. The summed E-state index contributed by atoms with van der Waals surface area (Å²) in [6.07, 6.45) is 0.914. The molecule has 3 amide bonds. The molecule has 0 radical (unpaired) electrons. The van der Waals surface area contributed by atoms with Gasteiger partial charge in [-0.05, 0) is 37.0 Å². The molecule has 40 heavy (non-hydrogen) atoms. The Bertz CT molecular complexity index is 1420. The molecule has 3 aliphatic rings. The zero-order valence-corrected chi connectivity index (χ0v) is 23.4. The molecule has 6 rings (SSSR count). The van der Waals surface area contributed by atoms with Crippen LogP contribution in [0.2, 0.25) is 0 Å². The molecule has 4 heterocycles. The number of alkyl halides is 1. The number of hydrogen-bond donors (Lipinski definition) is 3. The highest BCUT2D eigenvalue weighted by molar-refractivity contribution is 9.09. The molecule has 1 aromatic heterocycles. The summed E-state index contributed by atoms with van der Waals surface area (Å²) < 4.78 is 8.11. The molecular weight excluding hydrogens is 580 g/mol. The molecular formula is C28H31BrN6O5.